The second-order valence-electron chi connectivity index (χ2n) is 8.09. The molecule has 0 bridgehead atoms. The molecule has 2 aromatic rings. The molecule has 9 heteroatoms. The molecule has 2 heterocycles. The Bertz CT molecular complexity index is 911. The number of halogens is 1. The van der Waals surface area contributed by atoms with Crippen LogP contribution in [0.5, 0.6) is 0 Å². The van der Waals surface area contributed by atoms with Crippen molar-refractivity contribution in [2.45, 2.75) is 63.0 Å². The lowest BCUT2D eigenvalue weighted by Crippen LogP contribution is -2.36. The van der Waals surface area contributed by atoms with E-state index in [2.05, 4.69) is 25.8 Å². The highest BCUT2D eigenvalue weighted by atomic mass is 19.1. The van der Waals surface area contributed by atoms with Crippen molar-refractivity contribution in [3.8, 4) is 0 Å². The topological polar surface area (TPSA) is 109 Å². The van der Waals surface area contributed by atoms with Crippen LogP contribution in [0.3, 0.4) is 0 Å². The molecule has 0 spiro atoms. The standard InChI is InChI=1S/C20H24FN5O3/c1-20(6-7-20)24-19(28)29-13-5-4-12(9-13)15-10-17(26-25-15)23-18(27)11-16-14(21)3-2-8-22-16/h2-3,8,10,12-13H,4-7,9,11H2,1H3,(H,24,28)(H2,23,25,26,27)/t12-,13+/m0/s1. The Morgan fingerprint density at radius 2 is 2.21 bits per heavy atom. The number of hydrogen-bond donors (Lipinski definition) is 3. The number of nitrogens with zero attached hydrogens (tertiary/aromatic N) is 2. The summed E-state index contributed by atoms with van der Waals surface area (Å²) in [6.45, 7) is 2.01. The molecule has 8 nitrogen and oxygen atoms in total. The van der Waals surface area contributed by atoms with Crippen LogP contribution in [0, 0.1) is 5.82 Å². The number of alkyl carbamates (subject to hydrolysis) is 1. The van der Waals surface area contributed by atoms with Crippen molar-refractivity contribution in [1.82, 2.24) is 20.5 Å². The number of amides is 2. The summed E-state index contributed by atoms with van der Waals surface area (Å²) in [6, 6.07) is 4.52. The number of aromatic nitrogens is 3. The average molecular weight is 401 g/mol. The van der Waals surface area contributed by atoms with Gasteiger partial charge in [0.25, 0.3) is 0 Å². The third kappa shape index (κ3) is 4.90. The van der Waals surface area contributed by atoms with Gasteiger partial charge in [-0.3, -0.25) is 14.9 Å². The molecule has 2 aliphatic carbocycles. The second-order valence-corrected chi connectivity index (χ2v) is 8.09. The Morgan fingerprint density at radius 3 is 2.97 bits per heavy atom. The zero-order chi connectivity index (χ0) is 20.4. The molecule has 2 aliphatic rings. The van der Waals surface area contributed by atoms with Gasteiger partial charge in [0.05, 0.1) is 12.1 Å². The summed E-state index contributed by atoms with van der Waals surface area (Å²) in [5.74, 6) is -0.346. The molecule has 0 saturated heterocycles. The van der Waals surface area contributed by atoms with Crippen LogP contribution < -0.4 is 10.6 Å². The van der Waals surface area contributed by atoms with Crippen LogP contribution in [0.4, 0.5) is 15.0 Å². The first kappa shape index (κ1) is 19.4. The number of carbonyl (C=O) groups is 2. The number of ether oxygens (including phenoxy) is 1. The monoisotopic (exact) mass is 401 g/mol. The molecule has 2 fully saturated rings. The first-order chi connectivity index (χ1) is 13.9. The third-order valence-corrected chi connectivity index (χ3v) is 5.53. The van der Waals surface area contributed by atoms with Crippen molar-refractivity contribution >= 4 is 17.8 Å². The van der Waals surface area contributed by atoms with Crippen LogP contribution in [0.1, 0.15) is 56.3 Å². The summed E-state index contributed by atoms with van der Waals surface area (Å²) in [5, 5.41) is 12.6. The zero-order valence-electron chi connectivity index (χ0n) is 16.2. The molecule has 4 rings (SSSR count). The molecule has 0 unspecified atom stereocenters. The molecule has 0 aromatic carbocycles. The van der Waals surface area contributed by atoms with Crippen LogP contribution in [-0.4, -0.2) is 38.8 Å². The lowest BCUT2D eigenvalue weighted by molar-refractivity contribution is -0.115. The van der Waals surface area contributed by atoms with E-state index in [1.54, 1.807) is 6.07 Å². The van der Waals surface area contributed by atoms with Gasteiger partial charge in [-0.15, -0.1) is 0 Å². The maximum atomic E-state index is 13.6. The third-order valence-electron chi connectivity index (χ3n) is 5.53. The van der Waals surface area contributed by atoms with E-state index in [4.69, 9.17) is 4.74 Å². The molecule has 154 valence electrons. The van der Waals surface area contributed by atoms with Gasteiger partial charge in [0.15, 0.2) is 5.82 Å². The van der Waals surface area contributed by atoms with Gasteiger partial charge in [-0.25, -0.2) is 9.18 Å². The fourth-order valence-electron chi connectivity index (χ4n) is 3.57. The Kier molecular flexibility index (Phi) is 5.21. The van der Waals surface area contributed by atoms with E-state index in [1.165, 1.54) is 18.3 Å². The highest BCUT2D eigenvalue weighted by molar-refractivity contribution is 5.91. The Hall–Kier alpha value is -2.97. The lowest BCUT2D eigenvalue weighted by Gasteiger charge is -2.16. The molecule has 2 saturated carbocycles. The van der Waals surface area contributed by atoms with Crippen molar-refractivity contribution in [2.75, 3.05) is 5.32 Å². The van der Waals surface area contributed by atoms with Gasteiger partial charge < -0.3 is 15.4 Å². The lowest BCUT2D eigenvalue weighted by atomic mass is 10.0. The smallest absolute Gasteiger partial charge is 0.407 e. The maximum Gasteiger partial charge on any atom is 0.407 e. The first-order valence-electron chi connectivity index (χ1n) is 9.83. The summed E-state index contributed by atoms with van der Waals surface area (Å²) in [5.41, 5.74) is 0.879. The van der Waals surface area contributed by atoms with Crippen molar-refractivity contribution in [2.24, 2.45) is 0 Å². The van der Waals surface area contributed by atoms with Crippen molar-refractivity contribution < 1.29 is 18.7 Å². The fourth-order valence-corrected chi connectivity index (χ4v) is 3.57. The van der Waals surface area contributed by atoms with Crippen molar-refractivity contribution in [1.29, 1.82) is 0 Å². The van der Waals surface area contributed by atoms with Crippen LogP contribution in [0.2, 0.25) is 0 Å². The highest BCUT2D eigenvalue weighted by Gasteiger charge is 2.40. The van der Waals surface area contributed by atoms with E-state index in [-0.39, 0.29) is 35.8 Å². The van der Waals surface area contributed by atoms with Gasteiger partial charge in [0.1, 0.15) is 11.9 Å². The number of rotatable bonds is 6. The van der Waals surface area contributed by atoms with E-state index >= 15 is 0 Å². The molecule has 2 aromatic heterocycles. The number of H-pyrrole nitrogens is 1. The van der Waals surface area contributed by atoms with Gasteiger partial charge in [0.2, 0.25) is 5.91 Å². The van der Waals surface area contributed by atoms with Crippen LogP contribution in [0.25, 0.3) is 0 Å². The van der Waals surface area contributed by atoms with Gasteiger partial charge >= 0.3 is 6.09 Å². The molecule has 2 atom stereocenters. The average Bonchev–Trinajstić information content (AvgIpc) is 3.06. The molecular formula is C20H24FN5O3. The number of aromatic amines is 1. The molecule has 2 amide bonds. The highest BCUT2D eigenvalue weighted by Crippen LogP contribution is 2.37. The minimum atomic E-state index is -0.512. The first-order valence-corrected chi connectivity index (χ1v) is 9.83. The molecular weight excluding hydrogens is 377 g/mol. The fraction of sp³-hybridized carbons (Fsp3) is 0.500. The number of nitrogens with one attached hydrogen (secondary N) is 3. The molecule has 0 radical (unpaired) electrons. The van der Waals surface area contributed by atoms with E-state index in [1.807, 2.05) is 6.92 Å². The van der Waals surface area contributed by atoms with Crippen LogP contribution in [-0.2, 0) is 16.0 Å². The summed E-state index contributed by atoms with van der Waals surface area (Å²) < 4.78 is 19.1. The number of hydrogen-bond acceptors (Lipinski definition) is 5. The normalized spacial score (nSPS) is 22.1. The Balaban J connectivity index is 1.27. The predicted molar refractivity (Wildman–Crippen MR) is 103 cm³/mol. The van der Waals surface area contributed by atoms with Crippen molar-refractivity contribution in [3.63, 3.8) is 0 Å². The predicted octanol–water partition coefficient (Wildman–Crippen LogP) is 3.04. The maximum absolute atomic E-state index is 13.6. The van der Waals surface area contributed by atoms with Crippen molar-refractivity contribution in [3.05, 3.63) is 41.6 Å². The quantitative estimate of drug-likeness (QED) is 0.689. The van der Waals surface area contributed by atoms with E-state index in [0.29, 0.717) is 12.2 Å². The molecule has 29 heavy (non-hydrogen) atoms. The molecule has 3 N–H and O–H groups in total. The number of carbonyl (C=O) groups excluding carboxylic acids is 2. The van der Waals surface area contributed by atoms with Crippen LogP contribution in [0.15, 0.2) is 24.4 Å². The van der Waals surface area contributed by atoms with Gasteiger partial charge in [-0.2, -0.15) is 5.10 Å². The summed E-state index contributed by atoms with van der Waals surface area (Å²) in [6.07, 6.45) is 5.14. The summed E-state index contributed by atoms with van der Waals surface area (Å²) in [7, 11) is 0. The van der Waals surface area contributed by atoms with Gasteiger partial charge in [0, 0.05) is 29.4 Å². The Morgan fingerprint density at radius 1 is 1.38 bits per heavy atom. The summed E-state index contributed by atoms with van der Waals surface area (Å²) in [4.78, 5) is 28.0. The van der Waals surface area contributed by atoms with E-state index in [0.717, 1.165) is 31.4 Å². The Labute approximate surface area is 167 Å². The van der Waals surface area contributed by atoms with E-state index in [9.17, 15) is 14.0 Å². The van der Waals surface area contributed by atoms with E-state index < -0.39 is 11.7 Å². The minimum Gasteiger partial charge on any atom is -0.446 e. The van der Waals surface area contributed by atoms with Gasteiger partial charge in [-0.1, -0.05) is 0 Å². The number of pyridine rings is 1. The minimum absolute atomic E-state index is 0.0925. The summed E-state index contributed by atoms with van der Waals surface area (Å²) >= 11 is 0. The molecule has 0 aliphatic heterocycles. The van der Waals surface area contributed by atoms with Crippen LogP contribution >= 0.6 is 0 Å². The zero-order valence-corrected chi connectivity index (χ0v) is 16.2. The largest absolute Gasteiger partial charge is 0.446 e. The second kappa shape index (κ2) is 7.81. The SMILES string of the molecule is CC1(NC(=O)O[C@@H]2CC[C@H](c3cc(NC(=O)Cc4ncccc4F)n[nH]3)C2)CC1. The number of anilines is 1. The van der Waals surface area contributed by atoms with Gasteiger partial charge in [-0.05, 0) is 51.2 Å².